The monoisotopic (exact) mass is 265 g/mol. The first-order valence-electron chi connectivity index (χ1n) is 6.20. The first-order valence-corrected chi connectivity index (χ1v) is 6.20. The van der Waals surface area contributed by atoms with Gasteiger partial charge in [-0.05, 0) is 24.5 Å². The molecule has 0 heterocycles. The largest absolute Gasteiger partial charge is 0.480 e. The minimum atomic E-state index is -1.03. The second kappa shape index (κ2) is 6.89. The molecule has 0 aromatic heterocycles. The quantitative estimate of drug-likeness (QED) is 0.785. The highest BCUT2D eigenvalue weighted by molar-refractivity contribution is 5.72. The molecule has 0 amide bonds. The Morgan fingerprint density at radius 1 is 1.11 bits per heavy atom. The predicted molar refractivity (Wildman–Crippen MR) is 71.1 cm³/mol. The van der Waals surface area contributed by atoms with Gasteiger partial charge in [0.15, 0.2) is 0 Å². The topological polar surface area (TPSA) is 77.8 Å². The molecule has 0 bridgehead atoms. The molecule has 0 saturated heterocycles. The molecule has 1 aromatic carbocycles. The molecule has 0 aliphatic carbocycles. The van der Waals surface area contributed by atoms with Crippen LogP contribution in [0.3, 0.4) is 0 Å². The third kappa shape index (κ3) is 4.71. The van der Waals surface area contributed by atoms with E-state index < -0.39 is 11.9 Å². The number of aliphatic carboxylic acids is 2. The van der Waals surface area contributed by atoms with Crippen molar-refractivity contribution in [2.45, 2.75) is 26.3 Å². The van der Waals surface area contributed by atoms with Crippen LogP contribution in [0, 0.1) is 0 Å². The average molecular weight is 265 g/mol. The number of hydrogen-bond acceptors (Lipinski definition) is 3. The van der Waals surface area contributed by atoms with Crippen molar-refractivity contribution < 1.29 is 19.8 Å². The predicted octanol–water partition coefficient (Wildman–Crippen LogP) is 1.78. The summed E-state index contributed by atoms with van der Waals surface area (Å²) in [7, 11) is 0. The summed E-state index contributed by atoms with van der Waals surface area (Å²) in [6.07, 6.45) is 0.933. The summed E-state index contributed by atoms with van der Waals surface area (Å²) in [5.74, 6) is -2.06. The molecule has 1 rings (SSSR count). The van der Waals surface area contributed by atoms with E-state index in [1.165, 1.54) is 10.5 Å². The van der Waals surface area contributed by atoms with Crippen LogP contribution in [-0.2, 0) is 16.0 Å². The molecule has 0 spiro atoms. The van der Waals surface area contributed by atoms with Crippen LogP contribution in [0.2, 0.25) is 0 Å². The van der Waals surface area contributed by atoms with Crippen LogP contribution in [0.1, 0.15) is 31.0 Å². The van der Waals surface area contributed by atoms with Crippen molar-refractivity contribution in [2.75, 3.05) is 13.1 Å². The maximum absolute atomic E-state index is 10.8. The number of aryl methyl sites for hydroxylation is 1. The second-order valence-electron chi connectivity index (χ2n) is 4.46. The highest BCUT2D eigenvalue weighted by Gasteiger charge is 2.20. The third-order valence-corrected chi connectivity index (χ3v) is 3.09. The average Bonchev–Trinajstić information content (AvgIpc) is 2.36. The third-order valence-electron chi connectivity index (χ3n) is 3.09. The van der Waals surface area contributed by atoms with Gasteiger partial charge in [0.2, 0.25) is 0 Å². The van der Waals surface area contributed by atoms with E-state index in [1.54, 1.807) is 0 Å². The number of hydrogen-bond donors (Lipinski definition) is 2. The molecule has 5 nitrogen and oxygen atoms in total. The minimum Gasteiger partial charge on any atom is -0.480 e. The highest BCUT2D eigenvalue weighted by atomic mass is 16.4. The lowest BCUT2D eigenvalue weighted by Crippen LogP contribution is -2.36. The summed E-state index contributed by atoms with van der Waals surface area (Å²) in [6.45, 7) is 3.29. The molecule has 0 fully saturated rings. The SMILES string of the molecule is CCc1ccc(C(C)N(CC(=O)O)CC(=O)O)cc1. The standard InChI is InChI=1S/C14H19NO4/c1-3-11-4-6-12(7-5-11)10(2)15(8-13(16)17)9-14(18)19/h4-7,10H,3,8-9H2,1-2H3,(H,16,17)(H,18,19). The first-order chi connectivity index (χ1) is 8.93. The smallest absolute Gasteiger partial charge is 0.317 e. The van der Waals surface area contributed by atoms with Crippen LogP contribution in [0.5, 0.6) is 0 Å². The fraction of sp³-hybridized carbons (Fsp3) is 0.429. The summed E-state index contributed by atoms with van der Waals surface area (Å²) in [4.78, 5) is 23.0. The number of carbonyl (C=O) groups is 2. The molecule has 104 valence electrons. The summed E-state index contributed by atoms with van der Waals surface area (Å²) in [5, 5.41) is 17.7. The van der Waals surface area contributed by atoms with Gasteiger partial charge >= 0.3 is 11.9 Å². The number of carboxylic acid groups (broad SMARTS) is 2. The number of benzene rings is 1. The van der Waals surface area contributed by atoms with Gasteiger partial charge in [-0.25, -0.2) is 0 Å². The maximum Gasteiger partial charge on any atom is 0.317 e. The summed E-state index contributed by atoms with van der Waals surface area (Å²) in [5.41, 5.74) is 2.11. The molecular formula is C14H19NO4. The Morgan fingerprint density at radius 2 is 1.58 bits per heavy atom. The molecular weight excluding hydrogens is 246 g/mol. The van der Waals surface area contributed by atoms with E-state index in [9.17, 15) is 9.59 Å². The Bertz CT molecular complexity index is 425. The number of carboxylic acids is 2. The van der Waals surface area contributed by atoms with E-state index in [1.807, 2.05) is 31.2 Å². The van der Waals surface area contributed by atoms with Crippen molar-refractivity contribution in [3.8, 4) is 0 Å². The summed E-state index contributed by atoms with van der Waals surface area (Å²) < 4.78 is 0. The van der Waals surface area contributed by atoms with Gasteiger partial charge in [0.05, 0.1) is 13.1 Å². The van der Waals surface area contributed by atoms with Crippen LogP contribution in [0.4, 0.5) is 0 Å². The van der Waals surface area contributed by atoms with Crippen molar-refractivity contribution in [3.05, 3.63) is 35.4 Å². The second-order valence-corrected chi connectivity index (χ2v) is 4.46. The molecule has 1 atom stereocenters. The van der Waals surface area contributed by atoms with Crippen LogP contribution < -0.4 is 0 Å². The Kier molecular flexibility index (Phi) is 5.51. The van der Waals surface area contributed by atoms with Gasteiger partial charge in [-0.1, -0.05) is 31.2 Å². The van der Waals surface area contributed by atoms with Gasteiger partial charge in [-0.2, -0.15) is 0 Å². The minimum absolute atomic E-state index is 0.252. The van der Waals surface area contributed by atoms with E-state index in [-0.39, 0.29) is 19.1 Å². The van der Waals surface area contributed by atoms with Crippen molar-refractivity contribution in [1.82, 2.24) is 4.90 Å². The van der Waals surface area contributed by atoms with Crippen LogP contribution >= 0.6 is 0 Å². The van der Waals surface area contributed by atoms with Gasteiger partial charge < -0.3 is 10.2 Å². The Hall–Kier alpha value is -1.88. The molecule has 0 radical (unpaired) electrons. The lowest BCUT2D eigenvalue weighted by atomic mass is 10.0. The fourth-order valence-corrected chi connectivity index (χ4v) is 1.92. The highest BCUT2D eigenvalue weighted by Crippen LogP contribution is 2.20. The fourth-order valence-electron chi connectivity index (χ4n) is 1.92. The molecule has 1 unspecified atom stereocenters. The van der Waals surface area contributed by atoms with E-state index in [0.717, 1.165) is 12.0 Å². The van der Waals surface area contributed by atoms with E-state index in [0.29, 0.717) is 0 Å². The molecule has 0 saturated carbocycles. The Morgan fingerprint density at radius 3 is 1.95 bits per heavy atom. The molecule has 2 N–H and O–H groups in total. The molecule has 5 heteroatoms. The van der Waals surface area contributed by atoms with E-state index in [2.05, 4.69) is 6.92 Å². The van der Waals surface area contributed by atoms with Gasteiger partial charge in [0.25, 0.3) is 0 Å². The van der Waals surface area contributed by atoms with Crippen LogP contribution in [0.15, 0.2) is 24.3 Å². The van der Waals surface area contributed by atoms with Crippen molar-refractivity contribution >= 4 is 11.9 Å². The normalized spacial score (nSPS) is 12.4. The zero-order chi connectivity index (χ0) is 14.4. The Balaban J connectivity index is 2.86. The summed E-state index contributed by atoms with van der Waals surface area (Å²) in [6, 6.07) is 7.54. The van der Waals surface area contributed by atoms with Gasteiger partial charge in [0, 0.05) is 6.04 Å². The van der Waals surface area contributed by atoms with Gasteiger partial charge in [-0.3, -0.25) is 14.5 Å². The van der Waals surface area contributed by atoms with Gasteiger partial charge in [0.1, 0.15) is 0 Å². The summed E-state index contributed by atoms with van der Waals surface area (Å²) >= 11 is 0. The van der Waals surface area contributed by atoms with Crippen molar-refractivity contribution in [2.24, 2.45) is 0 Å². The zero-order valence-corrected chi connectivity index (χ0v) is 11.2. The molecule has 0 aliphatic heterocycles. The van der Waals surface area contributed by atoms with Crippen molar-refractivity contribution in [1.29, 1.82) is 0 Å². The lowest BCUT2D eigenvalue weighted by Gasteiger charge is -2.26. The zero-order valence-electron chi connectivity index (χ0n) is 11.2. The van der Waals surface area contributed by atoms with Crippen LogP contribution in [0.25, 0.3) is 0 Å². The number of rotatable bonds is 7. The maximum atomic E-state index is 10.8. The van der Waals surface area contributed by atoms with Crippen molar-refractivity contribution in [3.63, 3.8) is 0 Å². The molecule has 0 aliphatic rings. The molecule has 19 heavy (non-hydrogen) atoms. The molecule has 1 aromatic rings. The van der Waals surface area contributed by atoms with Gasteiger partial charge in [-0.15, -0.1) is 0 Å². The number of nitrogens with zero attached hydrogens (tertiary/aromatic N) is 1. The van der Waals surface area contributed by atoms with Crippen LogP contribution in [-0.4, -0.2) is 40.1 Å². The van der Waals surface area contributed by atoms with E-state index >= 15 is 0 Å². The Labute approximate surface area is 112 Å². The first kappa shape index (κ1) is 15.2. The van der Waals surface area contributed by atoms with E-state index in [4.69, 9.17) is 10.2 Å². The lowest BCUT2D eigenvalue weighted by molar-refractivity contribution is -0.142.